The van der Waals surface area contributed by atoms with Gasteiger partial charge in [-0.15, -0.1) is 0 Å². The van der Waals surface area contributed by atoms with Crippen molar-refractivity contribution < 1.29 is 16.0 Å². The van der Waals surface area contributed by atoms with Gasteiger partial charge in [0.15, 0.2) is 0 Å². The fourth-order valence-electron chi connectivity index (χ4n) is 6.96. The summed E-state index contributed by atoms with van der Waals surface area (Å²) in [5.41, 5.74) is 5.55. The maximum Gasteiger partial charge on any atom is 0.303 e. The summed E-state index contributed by atoms with van der Waals surface area (Å²) in [7, 11) is 0. The summed E-state index contributed by atoms with van der Waals surface area (Å²) in [4.78, 5) is 12.9. The Kier molecular flexibility index (Phi) is 8.41. The van der Waals surface area contributed by atoms with Crippen molar-refractivity contribution in [3.8, 4) is 5.75 Å². The summed E-state index contributed by atoms with van der Waals surface area (Å²) in [5, 5.41) is 8.84. The SMILES string of the molecule is [2H]C(c1ccccc1OCCCCCC(=O)O)N(c1ccc(C23CCC(c4ccccc4)(CC2)CC3)cc1)C(C)C. The minimum absolute atomic E-state index is 0.140. The summed E-state index contributed by atoms with van der Waals surface area (Å²) < 4.78 is 15.4. The third kappa shape index (κ3) is 6.22. The molecular formula is C36H45NO3. The molecule has 4 heteroatoms. The first-order valence-corrected chi connectivity index (χ1v) is 15.1. The van der Waals surface area contributed by atoms with Crippen molar-refractivity contribution >= 4 is 11.7 Å². The monoisotopic (exact) mass is 540 g/mol. The number of unbranched alkanes of at least 4 members (excludes halogenated alkanes) is 2. The van der Waals surface area contributed by atoms with Crippen LogP contribution in [0, 0.1) is 0 Å². The number of anilines is 1. The fourth-order valence-corrected chi connectivity index (χ4v) is 6.96. The lowest BCUT2D eigenvalue weighted by molar-refractivity contribution is -0.137. The number of carbonyl (C=O) groups is 1. The summed E-state index contributed by atoms with van der Waals surface area (Å²) in [6, 6.07) is 28.3. The van der Waals surface area contributed by atoms with Crippen LogP contribution in [0.25, 0.3) is 0 Å². The van der Waals surface area contributed by atoms with E-state index in [1.54, 1.807) is 0 Å². The average Bonchev–Trinajstić information content (AvgIpc) is 3.00. The highest BCUT2D eigenvalue weighted by Gasteiger charge is 2.49. The zero-order valence-electron chi connectivity index (χ0n) is 25.1. The van der Waals surface area contributed by atoms with Crippen LogP contribution >= 0.6 is 0 Å². The first-order chi connectivity index (χ1) is 19.8. The van der Waals surface area contributed by atoms with E-state index in [1.807, 2.05) is 24.3 Å². The van der Waals surface area contributed by atoms with Crippen LogP contribution in [0.2, 0.25) is 0 Å². The molecule has 3 aliphatic carbocycles. The van der Waals surface area contributed by atoms with Crippen LogP contribution in [0.3, 0.4) is 0 Å². The first-order valence-electron chi connectivity index (χ1n) is 15.7. The van der Waals surface area contributed by atoms with E-state index in [-0.39, 0.29) is 17.9 Å². The second-order valence-electron chi connectivity index (χ2n) is 12.2. The molecule has 4 nitrogen and oxygen atoms in total. The quantitative estimate of drug-likeness (QED) is 0.220. The number of rotatable bonds is 13. The van der Waals surface area contributed by atoms with Crippen molar-refractivity contribution in [3.05, 3.63) is 95.6 Å². The average molecular weight is 541 g/mol. The van der Waals surface area contributed by atoms with Gasteiger partial charge < -0.3 is 14.7 Å². The molecule has 6 rings (SSSR count). The van der Waals surface area contributed by atoms with Crippen molar-refractivity contribution in [2.75, 3.05) is 11.5 Å². The summed E-state index contributed by atoms with van der Waals surface area (Å²) in [6.45, 7) is 4.21. The number of hydrogen-bond donors (Lipinski definition) is 1. The van der Waals surface area contributed by atoms with Gasteiger partial charge in [-0.05, 0) is 112 Å². The van der Waals surface area contributed by atoms with Crippen molar-refractivity contribution in [1.82, 2.24) is 0 Å². The molecule has 0 saturated heterocycles. The molecule has 3 aromatic rings. The number of para-hydroxylation sites is 1. The largest absolute Gasteiger partial charge is 0.493 e. The Balaban J connectivity index is 1.27. The Morgan fingerprint density at radius 3 is 2.00 bits per heavy atom. The Labute approximate surface area is 241 Å². The van der Waals surface area contributed by atoms with Gasteiger partial charge in [0.2, 0.25) is 0 Å². The number of carboxylic acid groups (broad SMARTS) is 1. The van der Waals surface area contributed by atoms with Crippen LogP contribution < -0.4 is 9.64 Å². The van der Waals surface area contributed by atoms with Crippen molar-refractivity contribution in [1.29, 1.82) is 0 Å². The van der Waals surface area contributed by atoms with Crippen LogP contribution in [-0.4, -0.2) is 23.7 Å². The minimum Gasteiger partial charge on any atom is -0.493 e. The van der Waals surface area contributed by atoms with E-state index < -0.39 is 12.5 Å². The summed E-state index contributed by atoms with van der Waals surface area (Å²) in [5.74, 6) is -0.0180. The van der Waals surface area contributed by atoms with E-state index >= 15 is 0 Å². The third-order valence-corrected chi connectivity index (χ3v) is 9.46. The number of benzene rings is 3. The molecular weight excluding hydrogens is 494 g/mol. The predicted molar refractivity (Wildman–Crippen MR) is 163 cm³/mol. The van der Waals surface area contributed by atoms with Crippen LogP contribution in [0.1, 0.15) is 96.1 Å². The van der Waals surface area contributed by atoms with Gasteiger partial charge in [-0.2, -0.15) is 0 Å². The van der Waals surface area contributed by atoms with Crippen molar-refractivity contribution in [2.45, 2.75) is 101 Å². The molecule has 0 amide bonds. The molecule has 3 aliphatic rings. The maximum absolute atomic E-state index is 10.7. The highest BCUT2D eigenvalue weighted by molar-refractivity contribution is 5.66. The van der Waals surface area contributed by atoms with Crippen LogP contribution in [0.15, 0.2) is 78.9 Å². The van der Waals surface area contributed by atoms with Gasteiger partial charge in [-0.25, -0.2) is 0 Å². The molecule has 3 aromatic carbocycles. The third-order valence-electron chi connectivity index (χ3n) is 9.46. The van der Waals surface area contributed by atoms with Gasteiger partial charge in [0.05, 0.1) is 7.98 Å². The van der Waals surface area contributed by atoms with E-state index in [4.69, 9.17) is 9.84 Å². The number of hydrogen-bond acceptors (Lipinski definition) is 3. The first kappa shape index (κ1) is 26.9. The van der Waals surface area contributed by atoms with Crippen LogP contribution in [-0.2, 0) is 22.1 Å². The van der Waals surface area contributed by atoms with E-state index in [2.05, 4.69) is 73.3 Å². The Hall–Kier alpha value is -3.27. The van der Waals surface area contributed by atoms with Crippen molar-refractivity contribution in [3.63, 3.8) is 0 Å². The summed E-state index contributed by atoms with van der Waals surface area (Å²) >= 11 is 0. The van der Waals surface area contributed by atoms with E-state index in [9.17, 15) is 6.17 Å². The molecule has 0 spiro atoms. The number of ether oxygens (including phenoxy) is 1. The zero-order valence-corrected chi connectivity index (χ0v) is 24.1. The summed E-state index contributed by atoms with van der Waals surface area (Å²) in [6.07, 6.45) is 10.0. The standard InChI is InChI=1S/C36H45NO3/c1-28(2)37(27-29-11-8-9-14-33(29)40-26-10-4-7-15-34(38)39)32-18-16-31(17-19-32)36-23-20-35(21-24-36,22-25-36)30-12-5-3-6-13-30/h3,5-6,8-9,11-14,16-19,28H,4,7,10,15,20-27H2,1-2H3,(H,38,39)/i27D. The molecule has 1 atom stereocenters. The van der Waals surface area contributed by atoms with E-state index in [0.717, 1.165) is 29.8 Å². The molecule has 0 radical (unpaired) electrons. The van der Waals surface area contributed by atoms with Crippen LogP contribution in [0.5, 0.6) is 5.75 Å². The normalized spacial score (nSPS) is 23.0. The smallest absolute Gasteiger partial charge is 0.303 e. The fraction of sp³-hybridized carbons (Fsp3) is 0.472. The lowest BCUT2D eigenvalue weighted by Crippen LogP contribution is -2.46. The number of carboxylic acids is 1. The number of fused-ring (bicyclic) bond motifs is 3. The molecule has 1 N–H and O–H groups in total. The Bertz CT molecular complexity index is 1270. The molecule has 3 saturated carbocycles. The molecule has 1 unspecified atom stereocenters. The van der Waals surface area contributed by atoms with Gasteiger partial charge in [-0.3, -0.25) is 4.79 Å². The van der Waals surface area contributed by atoms with E-state index in [0.29, 0.717) is 18.4 Å². The lowest BCUT2D eigenvalue weighted by Gasteiger charge is -2.54. The van der Waals surface area contributed by atoms with Gasteiger partial charge in [0, 0.05) is 30.2 Å². The van der Waals surface area contributed by atoms with Gasteiger partial charge in [0.1, 0.15) is 5.75 Å². The maximum atomic E-state index is 10.7. The van der Waals surface area contributed by atoms with Gasteiger partial charge in [0.25, 0.3) is 0 Å². The molecule has 0 heterocycles. The second kappa shape index (κ2) is 12.5. The predicted octanol–water partition coefficient (Wildman–Crippen LogP) is 8.67. The van der Waals surface area contributed by atoms with Gasteiger partial charge in [-0.1, -0.05) is 60.7 Å². The highest BCUT2D eigenvalue weighted by atomic mass is 16.5. The van der Waals surface area contributed by atoms with Crippen LogP contribution in [0.4, 0.5) is 5.69 Å². The number of aliphatic carboxylic acids is 1. The lowest BCUT2D eigenvalue weighted by atomic mass is 9.50. The highest BCUT2D eigenvalue weighted by Crippen LogP contribution is 2.58. The zero-order chi connectivity index (χ0) is 28.9. The Morgan fingerprint density at radius 2 is 1.40 bits per heavy atom. The molecule has 3 fully saturated rings. The second-order valence-corrected chi connectivity index (χ2v) is 12.2. The molecule has 212 valence electrons. The van der Waals surface area contributed by atoms with Crippen molar-refractivity contribution in [2.24, 2.45) is 0 Å². The molecule has 2 bridgehead atoms. The molecule has 0 aromatic heterocycles. The Morgan fingerprint density at radius 1 is 0.825 bits per heavy atom. The van der Waals surface area contributed by atoms with E-state index in [1.165, 1.54) is 49.7 Å². The molecule has 40 heavy (non-hydrogen) atoms. The van der Waals surface area contributed by atoms with Gasteiger partial charge >= 0.3 is 5.97 Å². The number of nitrogens with zero attached hydrogens (tertiary/aromatic N) is 1. The minimum atomic E-state index is -0.752. The topological polar surface area (TPSA) is 49.8 Å². The molecule has 0 aliphatic heterocycles.